The fourth-order valence-corrected chi connectivity index (χ4v) is 1.75. The molecule has 0 fully saturated rings. The number of hydrogen-bond acceptors (Lipinski definition) is 3. The first-order valence-corrected chi connectivity index (χ1v) is 5.87. The molecule has 1 unspecified atom stereocenters. The summed E-state index contributed by atoms with van der Waals surface area (Å²) >= 11 is 1.77. The summed E-state index contributed by atoms with van der Waals surface area (Å²) in [5.74, 6) is 1.01. The Morgan fingerprint density at radius 1 is 1.57 bits per heavy atom. The molecule has 1 radical (unpaired) electrons. The quantitative estimate of drug-likeness (QED) is 0.722. The van der Waals surface area contributed by atoms with Crippen LogP contribution in [0.25, 0.3) is 0 Å². The van der Waals surface area contributed by atoms with E-state index in [1.54, 1.807) is 18.0 Å². The molecule has 0 saturated carbocycles. The molecule has 79 valence electrons. The van der Waals surface area contributed by atoms with Crippen LogP contribution in [-0.2, 0) is 0 Å². The molecule has 3 nitrogen and oxygen atoms in total. The zero-order chi connectivity index (χ0) is 10.4. The van der Waals surface area contributed by atoms with Crippen LogP contribution in [0.3, 0.4) is 0 Å². The Morgan fingerprint density at radius 2 is 2.36 bits per heavy atom. The predicted octanol–water partition coefficient (Wildman–Crippen LogP) is 1.81. The lowest BCUT2D eigenvalue weighted by Gasteiger charge is -2.14. The summed E-state index contributed by atoms with van der Waals surface area (Å²) in [6.45, 7) is 1.59. The van der Waals surface area contributed by atoms with Gasteiger partial charge in [-0.15, -0.1) is 0 Å². The molecule has 0 saturated heterocycles. The lowest BCUT2D eigenvalue weighted by Crippen LogP contribution is -2.25. The van der Waals surface area contributed by atoms with Crippen molar-refractivity contribution in [2.24, 2.45) is 0 Å². The van der Waals surface area contributed by atoms with Gasteiger partial charge in [0.1, 0.15) is 5.76 Å². The molecule has 0 amide bonds. The smallest absolute Gasteiger partial charge is 0.118 e. The molecule has 1 aromatic heterocycles. The van der Waals surface area contributed by atoms with Crippen molar-refractivity contribution in [3.63, 3.8) is 0 Å². The summed E-state index contributed by atoms with van der Waals surface area (Å²) < 4.78 is 5.35. The molecular formula is C10H17N2OS. The molecule has 0 aliphatic heterocycles. The third kappa shape index (κ3) is 3.74. The molecule has 14 heavy (non-hydrogen) atoms. The minimum Gasteiger partial charge on any atom is -0.468 e. The Hall–Kier alpha value is -0.450. The summed E-state index contributed by atoms with van der Waals surface area (Å²) in [5.41, 5.74) is 0. The molecule has 1 aromatic rings. The highest BCUT2D eigenvalue weighted by atomic mass is 32.2. The molecular weight excluding hydrogens is 196 g/mol. The average molecular weight is 213 g/mol. The lowest BCUT2D eigenvalue weighted by molar-refractivity contribution is 0.360. The van der Waals surface area contributed by atoms with E-state index in [1.165, 1.54) is 0 Å². The molecule has 0 spiro atoms. The van der Waals surface area contributed by atoms with Gasteiger partial charge in [0, 0.05) is 6.54 Å². The number of furan rings is 1. The maximum absolute atomic E-state index is 5.35. The number of thioether (sulfide) groups is 1. The van der Waals surface area contributed by atoms with Crippen LogP contribution in [0.1, 0.15) is 11.0 Å². The summed E-state index contributed by atoms with van der Waals surface area (Å²) in [6.07, 6.45) is 3.79. The third-order valence-electron chi connectivity index (χ3n) is 1.82. The fourth-order valence-electron chi connectivity index (χ4n) is 1.13. The van der Waals surface area contributed by atoms with Crippen LogP contribution < -0.4 is 5.32 Å². The van der Waals surface area contributed by atoms with Crippen molar-refractivity contribution in [1.82, 2.24) is 10.2 Å². The third-order valence-corrected chi connectivity index (χ3v) is 2.77. The summed E-state index contributed by atoms with van der Waals surface area (Å²) in [6, 6.07) is 3.93. The van der Waals surface area contributed by atoms with Crippen molar-refractivity contribution >= 4 is 11.8 Å². The molecule has 1 rings (SSSR count). The van der Waals surface area contributed by atoms with Gasteiger partial charge in [-0.1, -0.05) is 0 Å². The van der Waals surface area contributed by atoms with E-state index in [0.29, 0.717) is 5.25 Å². The Kier molecular flexibility index (Phi) is 5.07. The first-order chi connectivity index (χ1) is 6.74. The normalized spacial score (nSPS) is 13.4. The lowest BCUT2D eigenvalue weighted by atomic mass is 10.3. The molecule has 0 aromatic carbocycles. The molecule has 0 aliphatic carbocycles. The van der Waals surface area contributed by atoms with Crippen molar-refractivity contribution in [3.05, 3.63) is 24.2 Å². The Labute approximate surface area is 89.8 Å². The van der Waals surface area contributed by atoms with Gasteiger partial charge in [-0.05, 0) is 32.5 Å². The largest absolute Gasteiger partial charge is 0.468 e. The van der Waals surface area contributed by atoms with Crippen molar-refractivity contribution in [1.29, 1.82) is 0 Å². The van der Waals surface area contributed by atoms with E-state index in [-0.39, 0.29) is 0 Å². The van der Waals surface area contributed by atoms with Crippen LogP contribution in [0.2, 0.25) is 0 Å². The Balaban J connectivity index is 2.33. The second-order valence-corrected chi connectivity index (χ2v) is 4.41. The highest BCUT2D eigenvalue weighted by Crippen LogP contribution is 2.25. The van der Waals surface area contributed by atoms with Crippen molar-refractivity contribution in [3.8, 4) is 0 Å². The molecule has 0 N–H and O–H groups in total. The first kappa shape index (κ1) is 11.6. The number of hydrogen-bond donors (Lipinski definition) is 0. The van der Waals surface area contributed by atoms with Crippen LogP contribution in [0.15, 0.2) is 22.8 Å². The van der Waals surface area contributed by atoms with E-state index in [2.05, 4.69) is 16.5 Å². The summed E-state index contributed by atoms with van der Waals surface area (Å²) in [5, 5.41) is 4.79. The molecule has 1 heterocycles. The van der Waals surface area contributed by atoms with E-state index in [9.17, 15) is 0 Å². The SMILES string of the molecule is CSC(C[N]CN(C)C)c1ccco1. The zero-order valence-electron chi connectivity index (χ0n) is 8.93. The Morgan fingerprint density at radius 3 is 2.86 bits per heavy atom. The molecule has 4 heteroatoms. The molecule has 1 atom stereocenters. The van der Waals surface area contributed by atoms with Gasteiger partial charge in [0.05, 0.1) is 18.2 Å². The minimum atomic E-state index is 0.352. The van der Waals surface area contributed by atoms with Crippen molar-refractivity contribution in [2.45, 2.75) is 5.25 Å². The van der Waals surface area contributed by atoms with E-state index >= 15 is 0 Å². The van der Waals surface area contributed by atoms with Crippen molar-refractivity contribution < 1.29 is 4.42 Å². The van der Waals surface area contributed by atoms with Gasteiger partial charge in [-0.3, -0.25) is 4.90 Å². The van der Waals surface area contributed by atoms with Crippen LogP contribution in [0.4, 0.5) is 0 Å². The Bertz CT molecular complexity index is 236. The van der Waals surface area contributed by atoms with E-state index in [1.807, 2.05) is 26.2 Å². The fraction of sp³-hybridized carbons (Fsp3) is 0.600. The maximum Gasteiger partial charge on any atom is 0.118 e. The topological polar surface area (TPSA) is 30.5 Å². The average Bonchev–Trinajstić information content (AvgIpc) is 2.64. The van der Waals surface area contributed by atoms with Gasteiger partial charge in [-0.25, -0.2) is 5.32 Å². The first-order valence-electron chi connectivity index (χ1n) is 4.58. The predicted molar refractivity (Wildman–Crippen MR) is 60.5 cm³/mol. The van der Waals surface area contributed by atoms with E-state index < -0.39 is 0 Å². The maximum atomic E-state index is 5.35. The summed E-state index contributed by atoms with van der Waals surface area (Å²) in [7, 11) is 4.04. The van der Waals surface area contributed by atoms with Crippen LogP contribution in [-0.4, -0.2) is 38.5 Å². The highest BCUT2D eigenvalue weighted by molar-refractivity contribution is 7.98. The van der Waals surface area contributed by atoms with Crippen LogP contribution in [0, 0.1) is 0 Å². The van der Waals surface area contributed by atoms with Crippen LogP contribution >= 0.6 is 11.8 Å². The summed E-state index contributed by atoms with van der Waals surface area (Å²) in [4.78, 5) is 2.06. The zero-order valence-corrected chi connectivity index (χ0v) is 9.75. The van der Waals surface area contributed by atoms with Gasteiger partial charge in [0.25, 0.3) is 0 Å². The second-order valence-electron chi connectivity index (χ2n) is 3.37. The van der Waals surface area contributed by atoms with Gasteiger partial charge in [-0.2, -0.15) is 11.8 Å². The van der Waals surface area contributed by atoms with Gasteiger partial charge in [0.2, 0.25) is 0 Å². The van der Waals surface area contributed by atoms with Crippen LogP contribution in [0.5, 0.6) is 0 Å². The minimum absolute atomic E-state index is 0.352. The van der Waals surface area contributed by atoms with Gasteiger partial charge >= 0.3 is 0 Å². The number of rotatable bonds is 6. The van der Waals surface area contributed by atoms with Gasteiger partial charge < -0.3 is 4.42 Å². The van der Waals surface area contributed by atoms with E-state index in [4.69, 9.17) is 4.42 Å². The second kappa shape index (κ2) is 6.11. The van der Waals surface area contributed by atoms with Crippen molar-refractivity contribution in [2.75, 3.05) is 33.6 Å². The molecule has 0 aliphatic rings. The van der Waals surface area contributed by atoms with E-state index in [0.717, 1.165) is 19.0 Å². The highest BCUT2D eigenvalue weighted by Gasteiger charge is 2.12. The number of nitrogens with zero attached hydrogens (tertiary/aromatic N) is 2. The molecule has 0 bridgehead atoms. The monoisotopic (exact) mass is 213 g/mol. The van der Waals surface area contributed by atoms with Gasteiger partial charge in [0.15, 0.2) is 0 Å². The standard InChI is InChI=1S/C10H17N2OS/c1-12(2)8-11-7-10(14-3)9-5-4-6-13-9/h4-6,10H,7-8H2,1-3H3.